The molecule has 2 unspecified atom stereocenters. The van der Waals surface area contributed by atoms with Crippen molar-refractivity contribution in [2.45, 2.75) is 23.7 Å². The molecule has 0 aliphatic heterocycles. The van der Waals surface area contributed by atoms with E-state index in [1.54, 1.807) is 0 Å². The summed E-state index contributed by atoms with van der Waals surface area (Å²) in [5.74, 6) is 0. The van der Waals surface area contributed by atoms with Gasteiger partial charge in [-0.3, -0.25) is 0 Å². The van der Waals surface area contributed by atoms with Gasteiger partial charge in [-0.2, -0.15) is 43.9 Å². The molecular weight excluding hydrogens is 461 g/mol. The van der Waals surface area contributed by atoms with Gasteiger partial charge in [0, 0.05) is 0 Å². The molecule has 2 atom stereocenters. The van der Waals surface area contributed by atoms with Crippen molar-refractivity contribution >= 4 is 15.2 Å². The van der Waals surface area contributed by atoms with E-state index in [4.69, 9.17) is 9.79 Å². The zero-order valence-electron chi connectivity index (χ0n) is 9.91. The number of halogens is 10. The monoisotopic (exact) mass is 462 g/mol. The first-order chi connectivity index (χ1) is 9.00. The summed E-state index contributed by atoms with van der Waals surface area (Å²) in [6.07, 6.45) is -12.6. The number of rotatable bonds is 2. The molecule has 136 valence electrons. The third kappa shape index (κ3) is 6.93. The van der Waals surface area contributed by atoms with Crippen LogP contribution in [-0.2, 0) is 28.6 Å². The SMILES string of the molecule is O=P([O-])(O)C(F)(F)C(F)(F)F.O=P([O-])(O)C(F)(F)C(F)(F)F.[Zn+2]. The Morgan fingerprint density at radius 3 is 0.739 bits per heavy atom. The second kappa shape index (κ2) is 7.63. The molecule has 0 aliphatic rings. The normalized spacial score (nSPS) is 18.7. The minimum absolute atomic E-state index is 0. The minimum Gasteiger partial charge on any atom is -0.774 e. The van der Waals surface area contributed by atoms with E-state index in [1.165, 1.54) is 0 Å². The van der Waals surface area contributed by atoms with E-state index in [9.17, 15) is 62.8 Å². The average molecular weight is 463 g/mol. The fourth-order valence-corrected chi connectivity index (χ4v) is 0.961. The second-order valence-electron chi connectivity index (χ2n) is 3.12. The Balaban J connectivity index is -0.000000333. The third-order valence-electron chi connectivity index (χ3n) is 1.39. The van der Waals surface area contributed by atoms with Crippen LogP contribution in [0, 0.1) is 0 Å². The van der Waals surface area contributed by atoms with Crippen LogP contribution in [0.4, 0.5) is 43.9 Å². The van der Waals surface area contributed by atoms with Gasteiger partial charge < -0.3 is 28.7 Å². The van der Waals surface area contributed by atoms with Crippen molar-refractivity contribution in [2.24, 2.45) is 0 Å². The Morgan fingerprint density at radius 2 is 0.739 bits per heavy atom. The van der Waals surface area contributed by atoms with Gasteiger partial charge in [0.2, 0.25) is 15.2 Å². The first-order valence-corrected chi connectivity index (χ1v) is 7.12. The molecule has 0 amide bonds. The third-order valence-corrected chi connectivity index (χ3v) is 3.32. The smallest absolute Gasteiger partial charge is 0.774 e. The molecule has 0 rings (SSSR count). The van der Waals surface area contributed by atoms with E-state index >= 15 is 0 Å². The Bertz CT molecular complexity index is 431. The standard InChI is InChI=1S/2C2H2F5O3P.Zn/c2*3-1(4,5)2(6,7)11(8,9)10;/h2*(H2,8,9,10);/q;;+2/p-2. The maximum atomic E-state index is 11.5. The fraction of sp³-hybridized carbons (Fsp3) is 1.00. The maximum Gasteiger partial charge on any atom is 2.00 e. The largest absolute Gasteiger partial charge is 2.00 e. The van der Waals surface area contributed by atoms with Gasteiger partial charge in [-0.15, -0.1) is 0 Å². The molecule has 0 heterocycles. The summed E-state index contributed by atoms with van der Waals surface area (Å²) in [7, 11) is -13.4. The zero-order chi connectivity index (χ0) is 19.0. The molecule has 0 aliphatic carbocycles. The molecular formula is C4H2F10O6P2Zn. The second-order valence-corrected chi connectivity index (χ2v) is 6.32. The van der Waals surface area contributed by atoms with Crippen molar-refractivity contribution in [3.8, 4) is 0 Å². The molecule has 6 nitrogen and oxygen atoms in total. The van der Waals surface area contributed by atoms with Gasteiger partial charge in [0.25, 0.3) is 0 Å². The molecule has 19 heteroatoms. The minimum atomic E-state index is -6.70. The van der Waals surface area contributed by atoms with Gasteiger partial charge in [0.1, 0.15) is 0 Å². The van der Waals surface area contributed by atoms with Crippen LogP contribution in [0.1, 0.15) is 0 Å². The van der Waals surface area contributed by atoms with Crippen molar-refractivity contribution < 1.29 is 92.1 Å². The van der Waals surface area contributed by atoms with Gasteiger partial charge in [-0.25, -0.2) is 0 Å². The molecule has 0 spiro atoms. The van der Waals surface area contributed by atoms with Crippen molar-refractivity contribution in [1.82, 2.24) is 0 Å². The van der Waals surface area contributed by atoms with E-state index in [0.717, 1.165) is 0 Å². The molecule has 2 N–H and O–H groups in total. The van der Waals surface area contributed by atoms with Gasteiger partial charge in [0.05, 0.1) is 0 Å². The molecule has 0 fully saturated rings. The van der Waals surface area contributed by atoms with E-state index in [1.807, 2.05) is 0 Å². The van der Waals surface area contributed by atoms with Crippen molar-refractivity contribution in [3.63, 3.8) is 0 Å². The van der Waals surface area contributed by atoms with E-state index in [0.29, 0.717) is 0 Å². The molecule has 0 bridgehead atoms. The average Bonchev–Trinajstić information content (AvgIpc) is 2.10. The Kier molecular flexibility index (Phi) is 9.30. The van der Waals surface area contributed by atoms with Crippen molar-refractivity contribution in [3.05, 3.63) is 0 Å². The van der Waals surface area contributed by atoms with Crippen LogP contribution in [-0.4, -0.2) is 33.5 Å². The van der Waals surface area contributed by atoms with E-state index in [2.05, 4.69) is 0 Å². The summed E-state index contributed by atoms with van der Waals surface area (Å²) in [6.45, 7) is 0. The molecule has 0 aromatic rings. The van der Waals surface area contributed by atoms with E-state index in [-0.39, 0.29) is 19.5 Å². The van der Waals surface area contributed by atoms with Gasteiger partial charge >= 0.3 is 43.2 Å². The Labute approximate surface area is 131 Å². The predicted octanol–water partition coefficient (Wildman–Crippen LogP) is 1.37. The van der Waals surface area contributed by atoms with Crippen LogP contribution in [0.15, 0.2) is 0 Å². The summed E-state index contributed by atoms with van der Waals surface area (Å²) in [4.78, 5) is 33.6. The summed E-state index contributed by atoms with van der Waals surface area (Å²) in [5.41, 5.74) is -12.1. The first-order valence-electron chi connectivity index (χ1n) is 3.97. The van der Waals surface area contributed by atoms with Crippen molar-refractivity contribution in [2.75, 3.05) is 0 Å². The van der Waals surface area contributed by atoms with Crippen LogP contribution in [0.25, 0.3) is 0 Å². The summed E-state index contributed by atoms with van der Waals surface area (Å²) < 4.78 is 131. The molecule has 23 heavy (non-hydrogen) atoms. The zero-order valence-corrected chi connectivity index (χ0v) is 14.7. The molecule has 0 aromatic heterocycles. The predicted molar refractivity (Wildman–Crippen MR) is 41.7 cm³/mol. The van der Waals surface area contributed by atoms with Crippen LogP contribution < -0.4 is 9.79 Å². The van der Waals surface area contributed by atoms with Crippen LogP contribution >= 0.6 is 15.2 Å². The first kappa shape index (κ1) is 28.0. The number of alkyl halides is 10. The van der Waals surface area contributed by atoms with Crippen LogP contribution in [0.2, 0.25) is 0 Å². The quantitative estimate of drug-likeness (QED) is 0.363. The Hall–Kier alpha value is 0.223. The molecule has 0 radical (unpaired) electrons. The topological polar surface area (TPSA) is 121 Å². The van der Waals surface area contributed by atoms with Crippen LogP contribution in [0.3, 0.4) is 0 Å². The number of hydrogen-bond donors (Lipinski definition) is 2. The number of hydrogen-bond acceptors (Lipinski definition) is 4. The maximum absolute atomic E-state index is 11.5. The Morgan fingerprint density at radius 1 is 0.609 bits per heavy atom. The van der Waals surface area contributed by atoms with Crippen LogP contribution in [0.5, 0.6) is 0 Å². The molecule has 0 saturated heterocycles. The van der Waals surface area contributed by atoms with Gasteiger partial charge in [0.15, 0.2) is 0 Å². The van der Waals surface area contributed by atoms with Gasteiger partial charge in [-0.1, -0.05) is 0 Å². The molecule has 0 aromatic carbocycles. The van der Waals surface area contributed by atoms with Crippen molar-refractivity contribution in [1.29, 1.82) is 0 Å². The van der Waals surface area contributed by atoms with E-state index < -0.39 is 38.9 Å². The summed E-state index contributed by atoms with van der Waals surface area (Å²) in [6, 6.07) is 0. The fourth-order valence-electron chi connectivity index (χ4n) is 0.320. The molecule has 0 saturated carbocycles. The summed E-state index contributed by atoms with van der Waals surface area (Å²) >= 11 is 0. The van der Waals surface area contributed by atoms with Gasteiger partial charge in [-0.05, 0) is 0 Å². The summed E-state index contributed by atoms with van der Waals surface area (Å²) in [5, 5.41) is 0.